The third kappa shape index (κ3) is 6.39. The number of nitrogens with one attached hydrogen (secondary N) is 3. The molecular weight excluding hydrogens is 474 g/mol. The van der Waals surface area contributed by atoms with Crippen molar-refractivity contribution in [3.05, 3.63) is 69.5 Å². The molecule has 10 heteroatoms. The SMILES string of the molecule is CCCOc1oc(=O)c2cc(NC(=O)[C@H](C)NC(=O)[C@H](C)NC(=O)c3ccccc3)ccc2c1Cl. The van der Waals surface area contributed by atoms with E-state index in [-0.39, 0.29) is 16.4 Å². The van der Waals surface area contributed by atoms with Gasteiger partial charge in [-0.15, -0.1) is 0 Å². The maximum atomic E-state index is 12.6. The second-order valence-electron chi connectivity index (χ2n) is 7.88. The number of anilines is 1. The lowest BCUT2D eigenvalue weighted by Gasteiger charge is -2.18. The van der Waals surface area contributed by atoms with E-state index in [0.717, 1.165) is 6.42 Å². The number of carbonyl (C=O) groups is 3. The lowest BCUT2D eigenvalue weighted by atomic mass is 10.1. The Morgan fingerprint density at radius 2 is 1.66 bits per heavy atom. The van der Waals surface area contributed by atoms with E-state index >= 15 is 0 Å². The Morgan fingerprint density at radius 1 is 0.971 bits per heavy atom. The monoisotopic (exact) mass is 499 g/mol. The number of hydrogen-bond acceptors (Lipinski definition) is 6. The lowest BCUT2D eigenvalue weighted by Crippen LogP contribution is -2.50. The Bertz CT molecular complexity index is 1290. The number of hydrogen-bond donors (Lipinski definition) is 3. The van der Waals surface area contributed by atoms with Crippen LogP contribution in [0.3, 0.4) is 0 Å². The number of benzene rings is 2. The third-order valence-electron chi connectivity index (χ3n) is 5.07. The smallest absolute Gasteiger partial charge is 0.346 e. The van der Waals surface area contributed by atoms with Crippen LogP contribution < -0.4 is 26.3 Å². The molecule has 0 bridgehead atoms. The minimum absolute atomic E-state index is 0.0485. The van der Waals surface area contributed by atoms with E-state index in [2.05, 4.69) is 16.0 Å². The van der Waals surface area contributed by atoms with E-state index in [0.29, 0.717) is 23.2 Å². The van der Waals surface area contributed by atoms with Crippen LogP contribution in [0.5, 0.6) is 5.95 Å². The van der Waals surface area contributed by atoms with Crippen molar-refractivity contribution >= 4 is 45.8 Å². The zero-order chi connectivity index (χ0) is 25.5. The van der Waals surface area contributed by atoms with E-state index in [1.165, 1.54) is 19.9 Å². The number of amides is 3. The Morgan fingerprint density at radius 3 is 2.34 bits per heavy atom. The molecule has 1 aromatic heterocycles. The maximum Gasteiger partial charge on any atom is 0.346 e. The van der Waals surface area contributed by atoms with Crippen LogP contribution in [0.4, 0.5) is 5.69 Å². The van der Waals surface area contributed by atoms with Gasteiger partial charge in [-0.2, -0.15) is 0 Å². The summed E-state index contributed by atoms with van der Waals surface area (Å²) in [4.78, 5) is 49.7. The standard InChI is InChI=1S/C25H26ClN3O6/c1-4-12-34-25-20(26)18-11-10-17(13-19(18)24(33)35-25)29-22(31)15(3)27-21(30)14(2)28-23(32)16-8-6-5-7-9-16/h5-11,13-15H,4,12H2,1-3H3,(H,27,30)(H,28,32)(H,29,31)/t14-,15-/m0/s1. The van der Waals surface area contributed by atoms with Gasteiger partial charge in [0.25, 0.3) is 5.91 Å². The summed E-state index contributed by atoms with van der Waals surface area (Å²) in [6.07, 6.45) is 0.718. The molecule has 35 heavy (non-hydrogen) atoms. The highest BCUT2D eigenvalue weighted by atomic mass is 35.5. The second-order valence-corrected chi connectivity index (χ2v) is 8.26. The molecule has 2 aromatic carbocycles. The first-order chi connectivity index (χ1) is 16.7. The largest absolute Gasteiger partial charge is 0.464 e. The van der Waals surface area contributed by atoms with Crippen LogP contribution in [-0.4, -0.2) is 36.4 Å². The molecule has 0 saturated heterocycles. The molecule has 3 aromatic rings. The summed E-state index contributed by atoms with van der Waals surface area (Å²) in [5, 5.41) is 8.55. The van der Waals surface area contributed by atoms with Crippen molar-refractivity contribution in [2.45, 2.75) is 39.3 Å². The predicted molar refractivity (Wildman–Crippen MR) is 133 cm³/mol. The average molecular weight is 500 g/mol. The average Bonchev–Trinajstić information content (AvgIpc) is 2.85. The van der Waals surface area contributed by atoms with Gasteiger partial charge in [0.05, 0.1) is 12.0 Å². The van der Waals surface area contributed by atoms with Crippen LogP contribution >= 0.6 is 11.6 Å². The van der Waals surface area contributed by atoms with Crippen LogP contribution in [-0.2, 0) is 9.59 Å². The maximum absolute atomic E-state index is 12.6. The van der Waals surface area contributed by atoms with Gasteiger partial charge in [0.1, 0.15) is 17.1 Å². The highest BCUT2D eigenvalue weighted by Gasteiger charge is 2.22. The molecule has 0 aliphatic rings. The normalized spacial score (nSPS) is 12.5. The molecule has 0 aliphatic carbocycles. The Labute approximate surface area is 206 Å². The van der Waals surface area contributed by atoms with Gasteiger partial charge in [-0.3, -0.25) is 14.4 Å². The van der Waals surface area contributed by atoms with Crippen molar-refractivity contribution in [2.75, 3.05) is 11.9 Å². The molecule has 0 radical (unpaired) electrons. The molecule has 0 spiro atoms. The molecule has 184 valence electrons. The van der Waals surface area contributed by atoms with Crippen molar-refractivity contribution in [3.63, 3.8) is 0 Å². The zero-order valence-electron chi connectivity index (χ0n) is 19.5. The van der Waals surface area contributed by atoms with Gasteiger partial charge in [-0.05, 0) is 44.5 Å². The fourth-order valence-corrected chi connectivity index (χ4v) is 3.41. The van der Waals surface area contributed by atoms with Crippen LogP contribution in [0, 0.1) is 0 Å². The van der Waals surface area contributed by atoms with Crippen LogP contribution in [0.25, 0.3) is 10.8 Å². The van der Waals surface area contributed by atoms with Crippen LogP contribution in [0.1, 0.15) is 37.6 Å². The summed E-state index contributed by atoms with van der Waals surface area (Å²) in [7, 11) is 0. The van der Waals surface area contributed by atoms with E-state index in [1.54, 1.807) is 42.5 Å². The number of ether oxygens (including phenoxy) is 1. The lowest BCUT2D eigenvalue weighted by molar-refractivity contribution is -0.127. The first kappa shape index (κ1) is 25.8. The van der Waals surface area contributed by atoms with Gasteiger partial charge in [-0.25, -0.2) is 4.79 Å². The minimum atomic E-state index is -0.918. The molecule has 3 rings (SSSR count). The summed E-state index contributed by atoms with van der Waals surface area (Å²) >= 11 is 6.30. The van der Waals surface area contributed by atoms with E-state index in [9.17, 15) is 19.2 Å². The molecule has 3 N–H and O–H groups in total. The van der Waals surface area contributed by atoms with Crippen LogP contribution in [0.15, 0.2) is 57.7 Å². The fraction of sp³-hybridized carbons (Fsp3) is 0.280. The Kier molecular flexibility index (Phi) is 8.48. The summed E-state index contributed by atoms with van der Waals surface area (Å²) in [6.45, 7) is 5.28. The molecule has 0 unspecified atom stereocenters. The van der Waals surface area contributed by atoms with Gasteiger partial charge < -0.3 is 25.1 Å². The highest BCUT2D eigenvalue weighted by Crippen LogP contribution is 2.32. The first-order valence-electron chi connectivity index (χ1n) is 11.1. The molecule has 1 heterocycles. The van der Waals surface area contributed by atoms with Gasteiger partial charge in [0.15, 0.2) is 0 Å². The number of fused-ring (bicyclic) bond motifs is 1. The molecule has 2 atom stereocenters. The van der Waals surface area contributed by atoms with Crippen molar-refractivity contribution < 1.29 is 23.5 Å². The quantitative estimate of drug-likeness (QED) is 0.413. The van der Waals surface area contributed by atoms with Gasteiger partial charge in [0.2, 0.25) is 11.8 Å². The third-order valence-corrected chi connectivity index (χ3v) is 5.43. The second kappa shape index (κ2) is 11.5. The predicted octanol–water partition coefficient (Wildman–Crippen LogP) is 3.50. The number of halogens is 1. The molecule has 3 amide bonds. The van der Waals surface area contributed by atoms with Crippen LogP contribution in [0.2, 0.25) is 5.02 Å². The summed E-state index contributed by atoms with van der Waals surface area (Å²) in [5.41, 5.74) is 0.0819. The van der Waals surface area contributed by atoms with Crippen molar-refractivity contribution in [1.29, 1.82) is 0 Å². The van der Waals surface area contributed by atoms with Gasteiger partial charge in [0, 0.05) is 16.6 Å². The molecule has 9 nitrogen and oxygen atoms in total. The summed E-state index contributed by atoms with van der Waals surface area (Å²) in [6, 6.07) is 11.3. The minimum Gasteiger partial charge on any atom is -0.464 e. The fourth-order valence-electron chi connectivity index (χ4n) is 3.15. The van der Waals surface area contributed by atoms with E-state index in [4.69, 9.17) is 20.8 Å². The molecule has 0 aliphatic heterocycles. The summed E-state index contributed by atoms with van der Waals surface area (Å²) < 4.78 is 10.5. The Balaban J connectivity index is 1.63. The topological polar surface area (TPSA) is 127 Å². The summed E-state index contributed by atoms with van der Waals surface area (Å²) in [5.74, 6) is -1.49. The number of rotatable bonds is 9. The number of carbonyl (C=O) groups excluding carboxylic acids is 3. The van der Waals surface area contributed by atoms with Gasteiger partial charge >= 0.3 is 11.6 Å². The van der Waals surface area contributed by atoms with Crippen molar-refractivity contribution in [2.24, 2.45) is 0 Å². The zero-order valence-corrected chi connectivity index (χ0v) is 20.3. The van der Waals surface area contributed by atoms with Crippen molar-refractivity contribution in [1.82, 2.24) is 10.6 Å². The van der Waals surface area contributed by atoms with E-state index in [1.807, 2.05) is 6.92 Å². The first-order valence-corrected chi connectivity index (χ1v) is 11.4. The van der Waals surface area contributed by atoms with E-state index < -0.39 is 35.4 Å². The Hall–Kier alpha value is -3.85. The molecule has 0 saturated carbocycles. The highest BCUT2D eigenvalue weighted by molar-refractivity contribution is 6.36. The molecular formula is C25H26ClN3O6. The molecule has 0 fully saturated rings. The van der Waals surface area contributed by atoms with Crippen molar-refractivity contribution in [3.8, 4) is 5.95 Å². The van der Waals surface area contributed by atoms with Gasteiger partial charge in [-0.1, -0.05) is 42.8 Å².